The zero-order valence-electron chi connectivity index (χ0n) is 8.99. The minimum absolute atomic E-state index is 0.0273. The van der Waals surface area contributed by atoms with Crippen molar-refractivity contribution in [3.8, 4) is 0 Å². The maximum Gasteiger partial charge on any atom is 0.292 e. The lowest BCUT2D eigenvalue weighted by molar-refractivity contribution is 0.0950. The highest BCUT2D eigenvalue weighted by molar-refractivity contribution is 5.89. The normalized spacial score (nSPS) is 12.5. The number of rotatable bonds is 5. The fourth-order valence-corrected chi connectivity index (χ4v) is 1.14. The molecule has 0 radical (unpaired) electrons. The molecule has 1 aromatic rings. The highest BCUT2D eigenvalue weighted by Crippen LogP contribution is 2.14. The van der Waals surface area contributed by atoms with Crippen LogP contribution in [0.25, 0.3) is 0 Å². The Labute approximate surface area is 88.2 Å². The van der Waals surface area contributed by atoms with Gasteiger partial charge in [-0.25, -0.2) is 0 Å². The number of aromatic nitrogens is 2. The van der Waals surface area contributed by atoms with Gasteiger partial charge in [-0.2, -0.15) is 4.98 Å². The maximum absolute atomic E-state index is 11.1. The molecule has 1 aromatic heterocycles. The third-order valence-electron chi connectivity index (χ3n) is 2.06. The minimum Gasteiger partial charge on any atom is -0.352 e. The SMILES string of the molecule is CCCCC(N)c1nc(C(=O)NC)no1. The van der Waals surface area contributed by atoms with E-state index in [-0.39, 0.29) is 17.8 Å². The predicted molar refractivity (Wildman–Crippen MR) is 54.1 cm³/mol. The minimum atomic E-state index is -0.368. The predicted octanol–water partition coefficient (Wildman–Crippen LogP) is 0.619. The van der Waals surface area contributed by atoms with Crippen molar-refractivity contribution < 1.29 is 9.32 Å². The van der Waals surface area contributed by atoms with Crippen LogP contribution >= 0.6 is 0 Å². The van der Waals surface area contributed by atoms with Crippen molar-refractivity contribution in [1.29, 1.82) is 0 Å². The summed E-state index contributed by atoms with van der Waals surface area (Å²) in [5.41, 5.74) is 5.81. The van der Waals surface area contributed by atoms with Crippen LogP contribution < -0.4 is 11.1 Å². The van der Waals surface area contributed by atoms with Crippen LogP contribution in [0.2, 0.25) is 0 Å². The number of hydrogen-bond donors (Lipinski definition) is 2. The van der Waals surface area contributed by atoms with E-state index in [1.807, 2.05) is 0 Å². The molecule has 0 aromatic carbocycles. The molecule has 6 heteroatoms. The molecule has 1 amide bonds. The van der Waals surface area contributed by atoms with Gasteiger partial charge in [0.1, 0.15) is 0 Å². The summed E-state index contributed by atoms with van der Waals surface area (Å²) in [6, 6.07) is -0.282. The number of unbranched alkanes of at least 4 members (excludes halogenated alkanes) is 1. The molecule has 84 valence electrons. The smallest absolute Gasteiger partial charge is 0.292 e. The largest absolute Gasteiger partial charge is 0.352 e. The van der Waals surface area contributed by atoms with Crippen LogP contribution in [-0.4, -0.2) is 23.1 Å². The van der Waals surface area contributed by atoms with Crippen LogP contribution in [0, 0.1) is 0 Å². The molecular weight excluding hydrogens is 196 g/mol. The first kappa shape index (κ1) is 11.6. The van der Waals surface area contributed by atoms with Gasteiger partial charge in [-0.1, -0.05) is 24.9 Å². The number of nitrogens with zero attached hydrogens (tertiary/aromatic N) is 2. The number of hydrogen-bond acceptors (Lipinski definition) is 5. The first-order chi connectivity index (χ1) is 7.19. The Bertz CT molecular complexity index is 324. The second-order valence-corrected chi connectivity index (χ2v) is 3.28. The van der Waals surface area contributed by atoms with E-state index in [9.17, 15) is 4.79 Å². The van der Waals surface area contributed by atoms with E-state index in [0.717, 1.165) is 19.3 Å². The van der Waals surface area contributed by atoms with Crippen LogP contribution in [0.15, 0.2) is 4.52 Å². The Morgan fingerprint density at radius 1 is 1.67 bits per heavy atom. The average Bonchev–Trinajstić information content (AvgIpc) is 2.74. The monoisotopic (exact) mass is 212 g/mol. The van der Waals surface area contributed by atoms with Gasteiger partial charge in [0, 0.05) is 7.05 Å². The molecule has 0 fully saturated rings. The van der Waals surface area contributed by atoms with E-state index in [4.69, 9.17) is 10.3 Å². The molecule has 1 rings (SSSR count). The van der Waals surface area contributed by atoms with E-state index in [0.29, 0.717) is 5.89 Å². The Morgan fingerprint density at radius 2 is 2.40 bits per heavy atom. The van der Waals surface area contributed by atoms with Crippen LogP contribution in [-0.2, 0) is 0 Å². The van der Waals surface area contributed by atoms with E-state index in [1.165, 1.54) is 7.05 Å². The zero-order chi connectivity index (χ0) is 11.3. The Hall–Kier alpha value is -1.43. The molecule has 0 saturated heterocycles. The molecule has 0 aliphatic heterocycles. The van der Waals surface area contributed by atoms with Gasteiger partial charge in [-0.15, -0.1) is 0 Å². The molecule has 1 heterocycles. The molecule has 0 saturated carbocycles. The summed E-state index contributed by atoms with van der Waals surface area (Å²) >= 11 is 0. The van der Waals surface area contributed by atoms with Crippen molar-refractivity contribution in [3.63, 3.8) is 0 Å². The van der Waals surface area contributed by atoms with E-state index >= 15 is 0 Å². The number of nitrogens with two attached hydrogens (primary N) is 1. The molecule has 1 unspecified atom stereocenters. The van der Waals surface area contributed by atoms with Gasteiger partial charge in [-0.05, 0) is 6.42 Å². The molecule has 15 heavy (non-hydrogen) atoms. The molecule has 0 aliphatic carbocycles. The first-order valence-corrected chi connectivity index (χ1v) is 5.00. The summed E-state index contributed by atoms with van der Waals surface area (Å²) in [5.74, 6) is -0.0193. The van der Waals surface area contributed by atoms with Crippen molar-refractivity contribution >= 4 is 5.91 Å². The zero-order valence-corrected chi connectivity index (χ0v) is 8.99. The van der Waals surface area contributed by atoms with E-state index in [2.05, 4.69) is 22.4 Å². The molecular formula is C9H16N4O2. The fourth-order valence-electron chi connectivity index (χ4n) is 1.14. The molecule has 1 atom stereocenters. The van der Waals surface area contributed by atoms with Gasteiger partial charge in [0.15, 0.2) is 0 Å². The van der Waals surface area contributed by atoms with E-state index in [1.54, 1.807) is 0 Å². The fraction of sp³-hybridized carbons (Fsp3) is 0.667. The number of nitrogens with one attached hydrogen (secondary N) is 1. The summed E-state index contributed by atoms with van der Waals surface area (Å²) < 4.78 is 4.90. The van der Waals surface area contributed by atoms with Crippen LogP contribution in [0.3, 0.4) is 0 Å². The Kier molecular flexibility index (Phi) is 4.23. The summed E-state index contributed by atoms with van der Waals surface area (Å²) in [4.78, 5) is 15.0. The quantitative estimate of drug-likeness (QED) is 0.746. The van der Waals surface area contributed by atoms with Gasteiger partial charge < -0.3 is 15.6 Å². The third-order valence-corrected chi connectivity index (χ3v) is 2.06. The molecule has 6 nitrogen and oxygen atoms in total. The van der Waals surface area contributed by atoms with Crippen molar-refractivity contribution in [2.24, 2.45) is 5.73 Å². The third kappa shape index (κ3) is 3.02. The average molecular weight is 212 g/mol. The van der Waals surface area contributed by atoms with Crippen LogP contribution in [0.4, 0.5) is 0 Å². The van der Waals surface area contributed by atoms with Crippen molar-refractivity contribution in [3.05, 3.63) is 11.7 Å². The van der Waals surface area contributed by atoms with Crippen molar-refractivity contribution in [2.45, 2.75) is 32.2 Å². The topological polar surface area (TPSA) is 94.0 Å². The maximum atomic E-state index is 11.1. The molecule has 3 N–H and O–H groups in total. The lowest BCUT2D eigenvalue weighted by Gasteiger charge is -2.03. The second kappa shape index (κ2) is 5.45. The number of carbonyl (C=O) groups is 1. The summed E-state index contributed by atoms with van der Waals surface area (Å²) in [6.07, 6.45) is 2.84. The number of amides is 1. The lowest BCUT2D eigenvalue weighted by Crippen LogP contribution is -2.19. The van der Waals surface area contributed by atoms with Gasteiger partial charge in [0.25, 0.3) is 11.7 Å². The van der Waals surface area contributed by atoms with Gasteiger partial charge in [0.05, 0.1) is 6.04 Å². The summed E-state index contributed by atoms with van der Waals surface area (Å²) in [6.45, 7) is 2.08. The lowest BCUT2D eigenvalue weighted by atomic mass is 10.1. The molecule has 0 spiro atoms. The summed E-state index contributed by atoms with van der Waals surface area (Å²) in [7, 11) is 1.51. The van der Waals surface area contributed by atoms with Crippen molar-refractivity contribution in [2.75, 3.05) is 7.05 Å². The number of carbonyl (C=O) groups excluding carboxylic acids is 1. The highest BCUT2D eigenvalue weighted by atomic mass is 16.5. The van der Waals surface area contributed by atoms with E-state index < -0.39 is 0 Å². The Balaban J connectivity index is 2.62. The Morgan fingerprint density at radius 3 is 3.00 bits per heavy atom. The molecule has 0 bridgehead atoms. The summed E-state index contributed by atoms with van der Waals surface area (Å²) in [5, 5.41) is 5.95. The van der Waals surface area contributed by atoms with Crippen molar-refractivity contribution in [1.82, 2.24) is 15.5 Å². The second-order valence-electron chi connectivity index (χ2n) is 3.28. The van der Waals surface area contributed by atoms with Crippen LogP contribution in [0.5, 0.6) is 0 Å². The van der Waals surface area contributed by atoms with Gasteiger partial charge >= 0.3 is 0 Å². The molecule has 0 aliphatic rings. The highest BCUT2D eigenvalue weighted by Gasteiger charge is 2.17. The van der Waals surface area contributed by atoms with Gasteiger partial charge in [-0.3, -0.25) is 4.79 Å². The van der Waals surface area contributed by atoms with Gasteiger partial charge in [0.2, 0.25) is 5.89 Å². The van der Waals surface area contributed by atoms with Crippen LogP contribution in [0.1, 0.15) is 48.7 Å². The standard InChI is InChI=1S/C9H16N4O2/c1-3-4-5-6(10)9-12-7(13-15-9)8(14)11-2/h6H,3-5,10H2,1-2H3,(H,11,14). The first-order valence-electron chi connectivity index (χ1n) is 5.00.